The van der Waals surface area contributed by atoms with Crippen molar-refractivity contribution >= 4 is 23.0 Å². The number of rotatable bonds is 5. The van der Waals surface area contributed by atoms with Crippen molar-refractivity contribution in [3.8, 4) is 5.75 Å². The number of benzene rings is 1. The Balaban J connectivity index is 1.71. The van der Waals surface area contributed by atoms with Gasteiger partial charge in [0.15, 0.2) is 11.6 Å². The molecule has 0 N–H and O–H groups in total. The van der Waals surface area contributed by atoms with Crippen LogP contribution in [0.15, 0.2) is 30.5 Å². The number of hydrogen-bond acceptors (Lipinski definition) is 6. The van der Waals surface area contributed by atoms with E-state index in [0.29, 0.717) is 43.4 Å². The number of anilines is 1. The molecule has 138 valence electrons. The minimum Gasteiger partial charge on any atom is -0.494 e. The molecule has 1 fully saturated rings. The molecule has 0 radical (unpaired) electrons. The van der Waals surface area contributed by atoms with Crippen LogP contribution in [0.2, 0.25) is 5.02 Å². The first-order valence-corrected chi connectivity index (χ1v) is 8.45. The van der Waals surface area contributed by atoms with Crippen LogP contribution in [0.1, 0.15) is 5.69 Å². The van der Waals surface area contributed by atoms with Crippen LogP contribution in [0.25, 0.3) is 0 Å². The molecule has 0 bridgehead atoms. The Morgan fingerprint density at radius 3 is 2.62 bits per heavy atom. The van der Waals surface area contributed by atoms with Crippen molar-refractivity contribution in [1.82, 2.24) is 9.88 Å². The van der Waals surface area contributed by atoms with Gasteiger partial charge >= 0.3 is 0 Å². The second-order valence-electron chi connectivity index (χ2n) is 5.96. The number of piperazine rings is 1. The third kappa shape index (κ3) is 4.03. The smallest absolute Gasteiger partial charge is 0.295 e. The molecule has 0 spiro atoms. The predicted octanol–water partition coefficient (Wildman–Crippen LogP) is 3.11. The van der Waals surface area contributed by atoms with Gasteiger partial charge in [0.05, 0.1) is 28.8 Å². The zero-order chi connectivity index (χ0) is 18.7. The summed E-state index contributed by atoms with van der Waals surface area (Å²) in [6, 6.07) is 5.99. The molecular weight excluding hydrogens is 363 g/mol. The molecule has 1 aromatic heterocycles. The van der Waals surface area contributed by atoms with E-state index >= 15 is 0 Å². The van der Waals surface area contributed by atoms with E-state index in [4.69, 9.17) is 16.3 Å². The number of halogens is 2. The van der Waals surface area contributed by atoms with E-state index in [1.807, 2.05) is 11.0 Å². The van der Waals surface area contributed by atoms with Crippen molar-refractivity contribution in [2.24, 2.45) is 0 Å². The number of nitrogens with zero attached hydrogens (tertiary/aromatic N) is 4. The Labute approximate surface area is 155 Å². The highest BCUT2D eigenvalue weighted by Gasteiger charge is 2.26. The third-order valence-electron chi connectivity index (χ3n) is 4.33. The van der Waals surface area contributed by atoms with E-state index in [2.05, 4.69) is 9.88 Å². The third-order valence-corrected chi connectivity index (χ3v) is 4.56. The van der Waals surface area contributed by atoms with Gasteiger partial charge in [-0.3, -0.25) is 20.0 Å². The minimum atomic E-state index is -0.740. The summed E-state index contributed by atoms with van der Waals surface area (Å²) >= 11 is 5.84. The molecule has 0 unspecified atom stereocenters. The standard InChI is InChI=1S/C17H18ClFN4O3/c1-26-17-9-15(16(23(24)25)8-14(17)19)22-6-4-21(5-7-22)11-13-3-2-12(18)10-20-13/h2-3,8-10H,4-7,11H2,1H3. The molecule has 9 heteroatoms. The normalized spacial score (nSPS) is 15.1. The highest BCUT2D eigenvalue weighted by molar-refractivity contribution is 6.30. The zero-order valence-electron chi connectivity index (χ0n) is 14.2. The number of pyridine rings is 1. The van der Waals surface area contributed by atoms with Crippen LogP contribution in [0.3, 0.4) is 0 Å². The molecule has 0 aliphatic carbocycles. The van der Waals surface area contributed by atoms with Gasteiger partial charge in [0.2, 0.25) is 0 Å². The Hall–Kier alpha value is -2.45. The van der Waals surface area contributed by atoms with Gasteiger partial charge in [0.1, 0.15) is 5.69 Å². The van der Waals surface area contributed by atoms with Crippen LogP contribution in [0.4, 0.5) is 15.8 Å². The first-order valence-electron chi connectivity index (χ1n) is 8.07. The molecule has 7 nitrogen and oxygen atoms in total. The fourth-order valence-electron chi connectivity index (χ4n) is 2.96. The van der Waals surface area contributed by atoms with Crippen molar-refractivity contribution in [3.05, 3.63) is 57.1 Å². The summed E-state index contributed by atoms with van der Waals surface area (Å²) in [6.07, 6.45) is 1.61. The second-order valence-corrected chi connectivity index (χ2v) is 6.40. The Morgan fingerprint density at radius 1 is 1.31 bits per heavy atom. The Kier molecular flexibility index (Phi) is 5.53. The molecule has 2 heterocycles. The van der Waals surface area contributed by atoms with Crippen LogP contribution < -0.4 is 9.64 Å². The van der Waals surface area contributed by atoms with Gasteiger partial charge in [-0.25, -0.2) is 4.39 Å². The Morgan fingerprint density at radius 2 is 2.04 bits per heavy atom. The van der Waals surface area contributed by atoms with Crippen LogP contribution in [0.5, 0.6) is 5.75 Å². The summed E-state index contributed by atoms with van der Waals surface area (Å²) in [6.45, 7) is 3.27. The quantitative estimate of drug-likeness (QED) is 0.586. The summed E-state index contributed by atoms with van der Waals surface area (Å²) in [4.78, 5) is 19.1. The summed E-state index contributed by atoms with van der Waals surface area (Å²) in [5.74, 6) is -0.742. The molecule has 1 aliphatic rings. The van der Waals surface area contributed by atoms with Crippen LogP contribution in [-0.4, -0.2) is 48.1 Å². The fraction of sp³-hybridized carbons (Fsp3) is 0.353. The van der Waals surface area contributed by atoms with Crippen molar-refractivity contribution in [1.29, 1.82) is 0 Å². The summed E-state index contributed by atoms with van der Waals surface area (Å²) in [7, 11) is 1.34. The first-order chi connectivity index (χ1) is 12.5. The molecule has 0 saturated carbocycles. The van der Waals surface area contributed by atoms with Crippen LogP contribution in [0, 0.1) is 15.9 Å². The summed E-state index contributed by atoms with van der Waals surface area (Å²) in [5.41, 5.74) is 1.03. The molecule has 0 amide bonds. The summed E-state index contributed by atoms with van der Waals surface area (Å²) in [5, 5.41) is 11.9. The number of aromatic nitrogens is 1. The molecule has 1 saturated heterocycles. The lowest BCUT2D eigenvalue weighted by molar-refractivity contribution is -0.384. The van der Waals surface area contributed by atoms with Gasteiger partial charge in [0, 0.05) is 45.0 Å². The predicted molar refractivity (Wildman–Crippen MR) is 96.3 cm³/mol. The van der Waals surface area contributed by atoms with Gasteiger partial charge in [-0.1, -0.05) is 11.6 Å². The van der Waals surface area contributed by atoms with E-state index in [9.17, 15) is 14.5 Å². The van der Waals surface area contributed by atoms with E-state index < -0.39 is 10.7 Å². The average Bonchev–Trinajstić information content (AvgIpc) is 2.64. The number of nitro groups is 1. The highest BCUT2D eigenvalue weighted by Crippen LogP contribution is 2.35. The number of ether oxygens (including phenoxy) is 1. The van der Waals surface area contributed by atoms with Gasteiger partial charge in [-0.2, -0.15) is 0 Å². The van der Waals surface area contributed by atoms with E-state index in [1.165, 1.54) is 13.2 Å². The average molecular weight is 381 g/mol. The lowest BCUT2D eigenvalue weighted by atomic mass is 10.2. The van der Waals surface area contributed by atoms with E-state index in [0.717, 1.165) is 11.8 Å². The van der Waals surface area contributed by atoms with Crippen molar-refractivity contribution in [2.45, 2.75) is 6.54 Å². The molecule has 2 aromatic rings. The Bertz CT molecular complexity index is 795. The fourth-order valence-corrected chi connectivity index (χ4v) is 3.08. The molecule has 0 atom stereocenters. The monoisotopic (exact) mass is 380 g/mol. The number of nitro benzene ring substituents is 1. The second kappa shape index (κ2) is 7.84. The maximum Gasteiger partial charge on any atom is 0.295 e. The van der Waals surface area contributed by atoms with E-state index in [-0.39, 0.29) is 11.4 Å². The van der Waals surface area contributed by atoms with Crippen molar-refractivity contribution in [2.75, 3.05) is 38.2 Å². The molecule has 1 aromatic carbocycles. The van der Waals surface area contributed by atoms with Gasteiger partial charge in [-0.15, -0.1) is 0 Å². The minimum absolute atomic E-state index is 0.00149. The summed E-state index contributed by atoms with van der Waals surface area (Å²) < 4.78 is 18.8. The van der Waals surface area contributed by atoms with Crippen LogP contribution >= 0.6 is 11.6 Å². The number of methoxy groups -OCH3 is 1. The largest absolute Gasteiger partial charge is 0.494 e. The maximum absolute atomic E-state index is 13.8. The molecular formula is C17H18ClFN4O3. The van der Waals surface area contributed by atoms with Crippen LogP contribution in [-0.2, 0) is 6.54 Å². The lowest BCUT2D eigenvalue weighted by Crippen LogP contribution is -2.46. The van der Waals surface area contributed by atoms with Crippen molar-refractivity contribution < 1.29 is 14.1 Å². The van der Waals surface area contributed by atoms with E-state index in [1.54, 1.807) is 12.3 Å². The highest BCUT2D eigenvalue weighted by atomic mass is 35.5. The first kappa shape index (κ1) is 18.3. The maximum atomic E-state index is 13.8. The van der Waals surface area contributed by atoms with Crippen molar-refractivity contribution in [3.63, 3.8) is 0 Å². The van der Waals surface area contributed by atoms with Gasteiger partial charge in [0.25, 0.3) is 5.69 Å². The molecule has 1 aliphatic heterocycles. The molecule has 3 rings (SSSR count). The number of hydrogen-bond donors (Lipinski definition) is 0. The lowest BCUT2D eigenvalue weighted by Gasteiger charge is -2.35. The molecule has 26 heavy (non-hydrogen) atoms. The topological polar surface area (TPSA) is 71.7 Å². The zero-order valence-corrected chi connectivity index (χ0v) is 14.9. The van der Waals surface area contributed by atoms with Gasteiger partial charge < -0.3 is 9.64 Å². The SMILES string of the molecule is COc1cc(N2CCN(Cc3ccc(Cl)cn3)CC2)c([N+](=O)[O-])cc1F. The van der Waals surface area contributed by atoms with Gasteiger partial charge in [-0.05, 0) is 12.1 Å².